The van der Waals surface area contributed by atoms with Gasteiger partial charge >= 0.3 is 0 Å². The van der Waals surface area contributed by atoms with Crippen LogP contribution in [0.1, 0.15) is 44.9 Å². The highest BCUT2D eigenvalue weighted by Gasteiger charge is 2.19. The zero-order chi connectivity index (χ0) is 21.0. The molecule has 0 aliphatic heterocycles. The lowest BCUT2D eigenvalue weighted by atomic mass is 10.2. The highest BCUT2D eigenvalue weighted by atomic mass is 35.5. The first-order chi connectivity index (χ1) is 14.0. The van der Waals surface area contributed by atoms with Gasteiger partial charge < -0.3 is 15.0 Å². The van der Waals surface area contributed by atoms with Crippen molar-refractivity contribution in [2.24, 2.45) is 0 Å². The zero-order valence-corrected chi connectivity index (χ0v) is 18.7. The minimum absolute atomic E-state index is 0.591. The van der Waals surface area contributed by atoms with Crippen LogP contribution in [0.25, 0.3) is 5.65 Å². The van der Waals surface area contributed by atoms with Gasteiger partial charge in [-0.1, -0.05) is 32.4 Å². The van der Waals surface area contributed by atoms with Crippen molar-refractivity contribution in [1.82, 2.24) is 14.6 Å². The highest BCUT2D eigenvalue weighted by Crippen LogP contribution is 2.33. The fourth-order valence-electron chi connectivity index (χ4n) is 3.50. The van der Waals surface area contributed by atoms with E-state index in [1.54, 1.807) is 13.2 Å². The van der Waals surface area contributed by atoms with Gasteiger partial charge in [-0.05, 0) is 38.3 Å². The Morgan fingerprint density at radius 1 is 1.14 bits per heavy atom. The summed E-state index contributed by atoms with van der Waals surface area (Å²) in [4.78, 5) is 7.26. The fourth-order valence-corrected chi connectivity index (χ4v) is 3.72. The molecule has 0 aliphatic carbocycles. The standard InChI is InChI=1S/C22H30ClN5O/c1-6-11-27(12-7-2)22-15(4)21(25-20-13-16(8-3)26-28(20)22)24-19-10-9-17(29-5)14-18(19)23/h9-10,13-14H,6-8,11-12H2,1-5H3,(H,24,25). The first kappa shape index (κ1) is 21.2. The quantitative estimate of drug-likeness (QED) is 0.490. The Bertz CT molecular complexity index is 979. The molecule has 29 heavy (non-hydrogen) atoms. The minimum atomic E-state index is 0.591. The molecule has 1 N–H and O–H groups in total. The van der Waals surface area contributed by atoms with E-state index < -0.39 is 0 Å². The van der Waals surface area contributed by atoms with E-state index in [0.717, 1.165) is 72.3 Å². The number of fused-ring (bicyclic) bond motifs is 1. The summed E-state index contributed by atoms with van der Waals surface area (Å²) in [6.45, 7) is 10.5. The van der Waals surface area contributed by atoms with Crippen LogP contribution in [0.4, 0.5) is 17.3 Å². The van der Waals surface area contributed by atoms with E-state index in [0.29, 0.717) is 5.02 Å². The van der Waals surface area contributed by atoms with Crippen LogP contribution in [0.15, 0.2) is 24.3 Å². The Labute approximate surface area is 177 Å². The molecule has 2 heterocycles. The number of halogens is 1. The predicted molar refractivity (Wildman–Crippen MR) is 121 cm³/mol. The summed E-state index contributed by atoms with van der Waals surface area (Å²) in [5.41, 5.74) is 3.72. The third-order valence-corrected chi connectivity index (χ3v) is 5.25. The van der Waals surface area contributed by atoms with Gasteiger partial charge in [0, 0.05) is 30.8 Å². The lowest BCUT2D eigenvalue weighted by molar-refractivity contribution is 0.415. The SMILES string of the molecule is CCCN(CCC)c1c(C)c(Nc2ccc(OC)cc2Cl)nc2cc(CC)nn12. The Kier molecular flexibility index (Phi) is 6.85. The second kappa shape index (κ2) is 9.35. The largest absolute Gasteiger partial charge is 0.497 e. The predicted octanol–water partition coefficient (Wildman–Crippen LogP) is 5.63. The summed E-state index contributed by atoms with van der Waals surface area (Å²) < 4.78 is 7.24. The van der Waals surface area contributed by atoms with Crippen molar-refractivity contribution in [2.75, 3.05) is 30.4 Å². The Morgan fingerprint density at radius 3 is 2.45 bits per heavy atom. The number of methoxy groups -OCH3 is 1. The van der Waals surface area contributed by atoms with E-state index in [9.17, 15) is 0 Å². The van der Waals surface area contributed by atoms with E-state index in [-0.39, 0.29) is 0 Å². The summed E-state index contributed by atoms with van der Waals surface area (Å²) in [5.74, 6) is 2.60. The number of aryl methyl sites for hydroxylation is 1. The van der Waals surface area contributed by atoms with Gasteiger partial charge in [0.2, 0.25) is 0 Å². The number of ether oxygens (including phenoxy) is 1. The molecule has 156 valence electrons. The molecule has 0 unspecified atom stereocenters. The summed E-state index contributed by atoms with van der Waals surface area (Å²) in [7, 11) is 1.63. The van der Waals surface area contributed by atoms with Gasteiger partial charge in [-0.3, -0.25) is 0 Å². The Balaban J connectivity index is 2.13. The molecule has 3 rings (SSSR count). The number of rotatable bonds is 9. The second-order valence-electron chi connectivity index (χ2n) is 7.13. The van der Waals surface area contributed by atoms with Gasteiger partial charge in [0.05, 0.1) is 23.5 Å². The van der Waals surface area contributed by atoms with Crippen LogP contribution in [0.5, 0.6) is 5.75 Å². The molecule has 0 saturated heterocycles. The number of benzene rings is 1. The van der Waals surface area contributed by atoms with Crippen molar-refractivity contribution in [3.8, 4) is 5.75 Å². The van der Waals surface area contributed by atoms with Crippen LogP contribution < -0.4 is 15.0 Å². The summed E-state index contributed by atoms with van der Waals surface area (Å²) in [6, 6.07) is 7.65. The van der Waals surface area contributed by atoms with Crippen LogP contribution in [0, 0.1) is 6.92 Å². The summed E-state index contributed by atoms with van der Waals surface area (Å²) in [5, 5.41) is 8.82. The van der Waals surface area contributed by atoms with Crippen LogP contribution in [0.3, 0.4) is 0 Å². The number of anilines is 3. The first-order valence-corrected chi connectivity index (χ1v) is 10.6. The number of hydrogen-bond donors (Lipinski definition) is 1. The molecule has 0 saturated carbocycles. The average Bonchev–Trinajstić information content (AvgIpc) is 3.12. The van der Waals surface area contributed by atoms with Gasteiger partial charge in [-0.15, -0.1) is 0 Å². The van der Waals surface area contributed by atoms with E-state index in [2.05, 4.69) is 44.0 Å². The lowest BCUT2D eigenvalue weighted by Crippen LogP contribution is -2.28. The smallest absolute Gasteiger partial charge is 0.160 e. The monoisotopic (exact) mass is 415 g/mol. The molecule has 0 fully saturated rings. The maximum atomic E-state index is 6.46. The molecule has 7 heteroatoms. The lowest BCUT2D eigenvalue weighted by Gasteiger charge is -2.27. The molecule has 0 spiro atoms. The van der Waals surface area contributed by atoms with Crippen molar-refractivity contribution in [1.29, 1.82) is 0 Å². The Hall–Kier alpha value is -2.47. The van der Waals surface area contributed by atoms with Crippen molar-refractivity contribution in [3.63, 3.8) is 0 Å². The molecule has 0 bridgehead atoms. The number of nitrogens with one attached hydrogen (secondary N) is 1. The van der Waals surface area contributed by atoms with Gasteiger partial charge in [0.1, 0.15) is 17.4 Å². The highest BCUT2D eigenvalue weighted by molar-refractivity contribution is 6.33. The van der Waals surface area contributed by atoms with Gasteiger partial charge in [0.15, 0.2) is 5.65 Å². The van der Waals surface area contributed by atoms with E-state index in [1.807, 2.05) is 16.6 Å². The second-order valence-corrected chi connectivity index (χ2v) is 7.53. The molecule has 0 radical (unpaired) electrons. The molecule has 2 aromatic heterocycles. The molecular formula is C22H30ClN5O. The molecule has 0 aliphatic rings. The summed E-state index contributed by atoms with van der Waals surface area (Å²) >= 11 is 6.46. The molecule has 0 amide bonds. The molecule has 3 aromatic rings. The van der Waals surface area contributed by atoms with Crippen LogP contribution in [0.2, 0.25) is 5.02 Å². The molecular weight excluding hydrogens is 386 g/mol. The number of aromatic nitrogens is 3. The third-order valence-electron chi connectivity index (χ3n) is 4.94. The zero-order valence-electron chi connectivity index (χ0n) is 17.9. The maximum Gasteiger partial charge on any atom is 0.160 e. The van der Waals surface area contributed by atoms with Crippen molar-refractivity contribution in [2.45, 2.75) is 47.0 Å². The van der Waals surface area contributed by atoms with Crippen molar-refractivity contribution < 1.29 is 4.74 Å². The van der Waals surface area contributed by atoms with E-state index in [4.69, 9.17) is 26.4 Å². The van der Waals surface area contributed by atoms with Gasteiger partial charge in [-0.2, -0.15) is 9.61 Å². The van der Waals surface area contributed by atoms with E-state index in [1.165, 1.54) is 0 Å². The molecule has 1 aromatic carbocycles. The van der Waals surface area contributed by atoms with Crippen LogP contribution in [-0.4, -0.2) is 34.8 Å². The molecule has 6 nitrogen and oxygen atoms in total. The number of nitrogens with zero attached hydrogens (tertiary/aromatic N) is 4. The van der Waals surface area contributed by atoms with Crippen molar-refractivity contribution >= 4 is 34.6 Å². The number of hydrogen-bond acceptors (Lipinski definition) is 5. The van der Waals surface area contributed by atoms with Gasteiger partial charge in [-0.25, -0.2) is 4.98 Å². The average molecular weight is 416 g/mol. The van der Waals surface area contributed by atoms with E-state index >= 15 is 0 Å². The molecule has 0 atom stereocenters. The normalized spacial score (nSPS) is 11.1. The topological polar surface area (TPSA) is 54.7 Å². The van der Waals surface area contributed by atoms with Crippen LogP contribution in [-0.2, 0) is 6.42 Å². The van der Waals surface area contributed by atoms with Crippen molar-refractivity contribution in [3.05, 3.63) is 40.5 Å². The maximum absolute atomic E-state index is 6.46. The third kappa shape index (κ3) is 4.42. The van der Waals surface area contributed by atoms with Gasteiger partial charge in [0.25, 0.3) is 0 Å². The van der Waals surface area contributed by atoms with Crippen LogP contribution >= 0.6 is 11.6 Å². The fraction of sp³-hybridized carbons (Fsp3) is 0.455. The summed E-state index contributed by atoms with van der Waals surface area (Å²) in [6.07, 6.45) is 3.01. The minimum Gasteiger partial charge on any atom is -0.497 e. The first-order valence-electron chi connectivity index (χ1n) is 10.3. The Morgan fingerprint density at radius 2 is 1.86 bits per heavy atom.